The monoisotopic (exact) mass is 476 g/mol. The number of rotatable bonds is 8. The van der Waals surface area contributed by atoms with E-state index < -0.39 is 0 Å². The van der Waals surface area contributed by atoms with E-state index in [4.69, 9.17) is 16.3 Å². The third-order valence-electron chi connectivity index (χ3n) is 6.12. The third kappa shape index (κ3) is 4.49. The summed E-state index contributed by atoms with van der Waals surface area (Å²) >= 11 is 6.21. The molecule has 2 heterocycles. The van der Waals surface area contributed by atoms with Gasteiger partial charge in [-0.15, -0.1) is 0 Å². The maximum Gasteiger partial charge on any atom is 0.254 e. The van der Waals surface area contributed by atoms with E-state index in [1.807, 2.05) is 30.3 Å². The number of benzene rings is 2. The number of hydrogen-bond acceptors (Lipinski definition) is 5. The first-order valence-corrected chi connectivity index (χ1v) is 11.6. The average molecular weight is 477 g/mol. The van der Waals surface area contributed by atoms with Crippen molar-refractivity contribution in [2.45, 2.75) is 31.4 Å². The lowest BCUT2D eigenvalue weighted by molar-refractivity contribution is 0.0705. The van der Waals surface area contributed by atoms with E-state index in [0.717, 1.165) is 40.4 Å². The Hall–Kier alpha value is -3.42. The molecule has 7 nitrogen and oxygen atoms in total. The third-order valence-corrected chi connectivity index (χ3v) is 6.35. The van der Waals surface area contributed by atoms with E-state index in [9.17, 15) is 9.90 Å². The van der Waals surface area contributed by atoms with E-state index in [0.29, 0.717) is 22.8 Å². The van der Waals surface area contributed by atoms with Gasteiger partial charge < -0.3 is 14.7 Å². The van der Waals surface area contributed by atoms with Gasteiger partial charge in [-0.05, 0) is 55.2 Å². The first-order valence-electron chi connectivity index (χ1n) is 11.3. The van der Waals surface area contributed by atoms with Crippen LogP contribution in [0.2, 0.25) is 5.02 Å². The summed E-state index contributed by atoms with van der Waals surface area (Å²) in [6, 6.07) is 12.7. The van der Waals surface area contributed by atoms with Crippen molar-refractivity contribution in [3.05, 3.63) is 77.2 Å². The second-order valence-corrected chi connectivity index (χ2v) is 8.98. The molecular weight excluding hydrogens is 452 g/mol. The number of carbonyl (C=O) groups is 1. The van der Waals surface area contributed by atoms with Gasteiger partial charge in [0.1, 0.15) is 5.75 Å². The van der Waals surface area contributed by atoms with Crippen molar-refractivity contribution < 1.29 is 14.6 Å². The summed E-state index contributed by atoms with van der Waals surface area (Å²) < 4.78 is 6.18. The molecule has 1 aliphatic rings. The lowest BCUT2D eigenvalue weighted by atomic mass is 9.99. The fraction of sp³-hybridized carbons (Fsp3) is 0.269. The molecule has 1 atom stereocenters. The number of carbonyl (C=O) groups excluding carboxylic acids is 1. The summed E-state index contributed by atoms with van der Waals surface area (Å²) in [5.74, 6) is 0.494. The van der Waals surface area contributed by atoms with Gasteiger partial charge in [0.25, 0.3) is 5.91 Å². The molecule has 0 bridgehead atoms. The molecule has 5 rings (SSSR count). The van der Waals surface area contributed by atoms with Crippen molar-refractivity contribution in [3.8, 4) is 16.9 Å². The zero-order valence-corrected chi connectivity index (χ0v) is 19.5. The highest BCUT2D eigenvalue weighted by molar-refractivity contribution is 6.30. The molecule has 174 valence electrons. The number of nitrogens with zero attached hydrogens (tertiary/aromatic N) is 3. The molecule has 1 fully saturated rings. The highest BCUT2D eigenvalue weighted by Gasteiger charge is 2.28. The Morgan fingerprint density at radius 1 is 1.24 bits per heavy atom. The molecule has 2 aromatic carbocycles. The summed E-state index contributed by atoms with van der Waals surface area (Å²) in [5.41, 5.74) is 3.96. The minimum absolute atomic E-state index is 0.0729. The summed E-state index contributed by atoms with van der Waals surface area (Å²) in [5, 5.41) is 18.3. The van der Waals surface area contributed by atoms with Crippen LogP contribution < -0.4 is 4.74 Å². The Balaban J connectivity index is 1.49. The second kappa shape index (κ2) is 9.44. The van der Waals surface area contributed by atoms with Gasteiger partial charge in [0.05, 0.1) is 23.9 Å². The Bertz CT molecular complexity index is 1330. The molecule has 1 aliphatic carbocycles. The highest BCUT2D eigenvalue weighted by Crippen LogP contribution is 2.37. The normalized spacial score (nSPS) is 14.2. The number of pyridine rings is 1. The van der Waals surface area contributed by atoms with Crippen LogP contribution in [0, 0.1) is 0 Å². The largest absolute Gasteiger partial charge is 0.490 e. The Labute approximate surface area is 202 Å². The highest BCUT2D eigenvalue weighted by atomic mass is 35.5. The van der Waals surface area contributed by atoms with E-state index >= 15 is 0 Å². The van der Waals surface area contributed by atoms with Crippen molar-refractivity contribution in [1.29, 1.82) is 0 Å². The summed E-state index contributed by atoms with van der Waals surface area (Å²) in [6.07, 6.45) is 7.69. The lowest BCUT2D eigenvalue weighted by Gasteiger charge is -2.28. The van der Waals surface area contributed by atoms with Gasteiger partial charge in [-0.1, -0.05) is 23.7 Å². The maximum atomic E-state index is 13.6. The van der Waals surface area contributed by atoms with Gasteiger partial charge in [0.2, 0.25) is 0 Å². The summed E-state index contributed by atoms with van der Waals surface area (Å²) in [4.78, 5) is 19.5. The molecule has 34 heavy (non-hydrogen) atoms. The molecule has 2 N–H and O–H groups in total. The number of nitrogens with one attached hydrogen (secondary N) is 1. The molecule has 2 aromatic heterocycles. The van der Waals surface area contributed by atoms with E-state index in [1.165, 1.54) is 0 Å². The fourth-order valence-electron chi connectivity index (χ4n) is 4.18. The maximum absolute atomic E-state index is 13.6. The molecule has 0 unspecified atom stereocenters. The van der Waals surface area contributed by atoms with Crippen LogP contribution in [0.1, 0.15) is 41.2 Å². The smallest absolute Gasteiger partial charge is 0.254 e. The second-order valence-electron chi connectivity index (χ2n) is 8.55. The number of halogens is 1. The van der Waals surface area contributed by atoms with Crippen molar-refractivity contribution >= 4 is 28.4 Å². The minimum atomic E-state index is -0.380. The van der Waals surface area contributed by atoms with Crippen LogP contribution in [0.4, 0.5) is 0 Å². The molecular formula is C26H25ClN4O3. The number of hydrogen-bond donors (Lipinski definition) is 2. The predicted octanol–water partition coefficient (Wildman–Crippen LogP) is 5.02. The molecule has 8 heteroatoms. The number of aromatic amines is 1. The number of aromatic nitrogens is 3. The Morgan fingerprint density at radius 3 is 2.85 bits per heavy atom. The van der Waals surface area contributed by atoms with Gasteiger partial charge in [-0.25, -0.2) is 0 Å². The Morgan fingerprint density at radius 2 is 2.09 bits per heavy atom. The van der Waals surface area contributed by atoms with Crippen LogP contribution in [0.15, 0.2) is 61.1 Å². The summed E-state index contributed by atoms with van der Waals surface area (Å²) in [6.45, 7) is -0.0729. The van der Waals surface area contributed by atoms with Crippen LogP contribution in [0.3, 0.4) is 0 Å². The SMILES string of the molecule is CN(C(=O)c1ccc(-c2cccc(Cl)c2)c(OC2CC2)c1)[C@@H](CCO)c1cncc2cn[nH]c12. The van der Waals surface area contributed by atoms with E-state index in [2.05, 4.69) is 15.2 Å². The number of ether oxygens (including phenoxy) is 1. The number of aliphatic hydroxyl groups is 1. The van der Waals surface area contributed by atoms with Crippen LogP contribution >= 0.6 is 11.6 Å². The van der Waals surface area contributed by atoms with Crippen molar-refractivity contribution in [3.63, 3.8) is 0 Å². The minimum Gasteiger partial charge on any atom is -0.490 e. The van der Waals surface area contributed by atoms with E-state index in [1.54, 1.807) is 42.7 Å². The standard InChI is InChI=1S/C26H25ClN4O3/c1-31(23(9-10-32)22-15-28-13-18-14-29-30-25(18)22)26(33)17-5-8-21(16-3-2-4-19(27)11-16)24(12-17)34-20-6-7-20/h2-5,8,11-15,20,23,32H,6-7,9-10H2,1H3,(H,29,30)/t23-/m0/s1. The predicted molar refractivity (Wildman–Crippen MR) is 131 cm³/mol. The first kappa shape index (κ1) is 22.4. The van der Waals surface area contributed by atoms with Crippen molar-refractivity contribution in [2.24, 2.45) is 0 Å². The molecule has 1 amide bonds. The van der Waals surface area contributed by atoms with Crippen molar-refractivity contribution in [1.82, 2.24) is 20.1 Å². The molecule has 0 spiro atoms. The number of H-pyrrole nitrogens is 1. The zero-order chi connectivity index (χ0) is 23.7. The van der Waals surface area contributed by atoms with Crippen LogP contribution in [0.25, 0.3) is 22.0 Å². The van der Waals surface area contributed by atoms with E-state index in [-0.39, 0.29) is 24.7 Å². The van der Waals surface area contributed by atoms with Crippen molar-refractivity contribution in [2.75, 3.05) is 13.7 Å². The van der Waals surface area contributed by atoms with Gasteiger partial charge >= 0.3 is 0 Å². The quantitative estimate of drug-likeness (QED) is 0.373. The van der Waals surface area contributed by atoms with Gasteiger partial charge in [-0.2, -0.15) is 5.10 Å². The topological polar surface area (TPSA) is 91.3 Å². The Kier molecular flexibility index (Phi) is 6.22. The molecule has 0 saturated heterocycles. The molecule has 0 radical (unpaired) electrons. The number of aliphatic hydroxyl groups excluding tert-OH is 1. The van der Waals surface area contributed by atoms with Crippen LogP contribution in [-0.4, -0.2) is 50.9 Å². The van der Waals surface area contributed by atoms with Crippen LogP contribution in [0.5, 0.6) is 5.75 Å². The zero-order valence-electron chi connectivity index (χ0n) is 18.7. The molecule has 1 saturated carbocycles. The molecule has 0 aliphatic heterocycles. The number of amides is 1. The summed E-state index contributed by atoms with van der Waals surface area (Å²) in [7, 11) is 1.74. The molecule has 4 aromatic rings. The van der Waals surface area contributed by atoms with Gasteiger partial charge in [0, 0.05) is 53.1 Å². The number of fused-ring (bicyclic) bond motifs is 1. The average Bonchev–Trinajstić information content (AvgIpc) is 3.53. The fourth-order valence-corrected chi connectivity index (χ4v) is 4.37. The van der Waals surface area contributed by atoms with Gasteiger partial charge in [0.15, 0.2) is 0 Å². The van der Waals surface area contributed by atoms with Gasteiger partial charge in [-0.3, -0.25) is 14.9 Å². The lowest BCUT2D eigenvalue weighted by Crippen LogP contribution is -2.32. The first-order chi connectivity index (χ1) is 16.5. The van der Waals surface area contributed by atoms with Crippen LogP contribution in [-0.2, 0) is 0 Å².